The molecule has 3 heterocycles. The lowest BCUT2D eigenvalue weighted by Gasteiger charge is -2.12. The second-order valence-electron chi connectivity index (χ2n) is 11.0. The molecular formula is C40H28N4. The van der Waals surface area contributed by atoms with E-state index >= 15 is 0 Å². The number of aryl methyl sites for hydroxylation is 1. The monoisotopic (exact) mass is 564 g/mol. The Kier molecular flexibility index (Phi) is 6.31. The first-order chi connectivity index (χ1) is 21.7. The Morgan fingerprint density at radius 2 is 1.11 bits per heavy atom. The van der Waals surface area contributed by atoms with E-state index in [9.17, 15) is 0 Å². The molecule has 0 saturated carbocycles. The quantitative estimate of drug-likeness (QED) is 0.209. The number of benzene rings is 5. The molecule has 4 nitrogen and oxygen atoms in total. The van der Waals surface area contributed by atoms with E-state index in [-0.39, 0.29) is 0 Å². The highest BCUT2D eigenvalue weighted by Crippen LogP contribution is 2.34. The lowest BCUT2D eigenvalue weighted by atomic mass is 9.98. The van der Waals surface area contributed by atoms with Crippen molar-refractivity contribution < 1.29 is 0 Å². The van der Waals surface area contributed by atoms with E-state index in [1.807, 2.05) is 30.5 Å². The second kappa shape index (κ2) is 10.8. The number of aromatic nitrogens is 4. The second-order valence-corrected chi connectivity index (χ2v) is 11.0. The van der Waals surface area contributed by atoms with E-state index in [0.717, 1.165) is 39.3 Å². The minimum Gasteiger partial charge on any atom is -0.309 e. The van der Waals surface area contributed by atoms with Crippen molar-refractivity contribution in [3.63, 3.8) is 0 Å². The Balaban J connectivity index is 1.23. The maximum atomic E-state index is 5.05. The molecule has 44 heavy (non-hydrogen) atoms. The Labute approximate surface area is 256 Å². The predicted molar refractivity (Wildman–Crippen MR) is 181 cm³/mol. The summed E-state index contributed by atoms with van der Waals surface area (Å²) in [5, 5.41) is 2.51. The van der Waals surface area contributed by atoms with Crippen LogP contribution in [0.2, 0.25) is 0 Å². The normalized spacial score (nSPS) is 11.3. The summed E-state index contributed by atoms with van der Waals surface area (Å²) in [6.45, 7) is 2.14. The van der Waals surface area contributed by atoms with Crippen LogP contribution in [0.3, 0.4) is 0 Å². The summed E-state index contributed by atoms with van der Waals surface area (Å²) in [6, 6.07) is 48.7. The maximum Gasteiger partial charge on any atom is 0.160 e. The first kappa shape index (κ1) is 25.8. The summed E-state index contributed by atoms with van der Waals surface area (Å²) in [5.74, 6) is 0.707. The molecule has 0 bridgehead atoms. The van der Waals surface area contributed by atoms with E-state index in [0.29, 0.717) is 5.82 Å². The van der Waals surface area contributed by atoms with E-state index in [1.165, 1.54) is 32.9 Å². The van der Waals surface area contributed by atoms with Crippen LogP contribution in [0.4, 0.5) is 0 Å². The van der Waals surface area contributed by atoms with Crippen LogP contribution in [-0.4, -0.2) is 19.5 Å². The molecule has 0 N–H and O–H groups in total. The summed E-state index contributed by atoms with van der Waals surface area (Å²) in [7, 11) is 0. The molecule has 0 aliphatic rings. The number of fused-ring (bicyclic) bond motifs is 3. The van der Waals surface area contributed by atoms with Gasteiger partial charge < -0.3 is 4.57 Å². The summed E-state index contributed by atoms with van der Waals surface area (Å²) >= 11 is 0. The van der Waals surface area contributed by atoms with Crippen LogP contribution in [-0.2, 0) is 0 Å². The molecule has 0 radical (unpaired) electrons. The van der Waals surface area contributed by atoms with E-state index in [2.05, 4.69) is 132 Å². The third kappa shape index (κ3) is 4.54. The van der Waals surface area contributed by atoms with E-state index in [1.54, 1.807) is 6.20 Å². The lowest BCUT2D eigenvalue weighted by molar-refractivity contribution is 1.17. The van der Waals surface area contributed by atoms with Gasteiger partial charge in [0.25, 0.3) is 0 Å². The highest BCUT2D eigenvalue weighted by Gasteiger charge is 2.14. The van der Waals surface area contributed by atoms with Crippen molar-refractivity contribution in [2.45, 2.75) is 6.92 Å². The Hall–Kier alpha value is -5.87. The molecule has 8 rings (SSSR count). The minimum atomic E-state index is 0.707. The number of hydrogen-bond donors (Lipinski definition) is 0. The molecule has 3 aromatic heterocycles. The molecule has 5 aromatic carbocycles. The topological polar surface area (TPSA) is 43.6 Å². The van der Waals surface area contributed by atoms with Crippen LogP contribution in [0.1, 0.15) is 5.56 Å². The zero-order valence-corrected chi connectivity index (χ0v) is 24.2. The first-order valence-electron chi connectivity index (χ1n) is 14.8. The molecule has 0 fully saturated rings. The van der Waals surface area contributed by atoms with Gasteiger partial charge in [-0.05, 0) is 60.5 Å². The lowest BCUT2D eigenvalue weighted by Crippen LogP contribution is -1.97. The molecule has 8 aromatic rings. The van der Waals surface area contributed by atoms with Crippen molar-refractivity contribution >= 4 is 21.8 Å². The van der Waals surface area contributed by atoms with Crippen molar-refractivity contribution in [2.24, 2.45) is 0 Å². The molecule has 4 heteroatoms. The number of nitrogens with zero attached hydrogens (tertiary/aromatic N) is 4. The smallest absolute Gasteiger partial charge is 0.160 e. The summed E-state index contributed by atoms with van der Waals surface area (Å²) in [6.07, 6.45) is 3.71. The number of pyridine rings is 1. The maximum absolute atomic E-state index is 5.05. The number of para-hydroxylation sites is 2. The van der Waals surface area contributed by atoms with E-state index in [4.69, 9.17) is 9.97 Å². The molecular weight excluding hydrogens is 536 g/mol. The van der Waals surface area contributed by atoms with Gasteiger partial charge in [-0.3, -0.25) is 4.98 Å². The van der Waals surface area contributed by atoms with Crippen molar-refractivity contribution in [3.8, 4) is 50.7 Å². The highest BCUT2D eigenvalue weighted by atomic mass is 15.0. The van der Waals surface area contributed by atoms with Gasteiger partial charge in [-0.2, -0.15) is 0 Å². The van der Waals surface area contributed by atoms with Gasteiger partial charge in [0.1, 0.15) is 0 Å². The largest absolute Gasteiger partial charge is 0.309 e. The van der Waals surface area contributed by atoms with Gasteiger partial charge in [-0.15, -0.1) is 0 Å². The fourth-order valence-electron chi connectivity index (χ4n) is 6.11. The van der Waals surface area contributed by atoms with Crippen LogP contribution < -0.4 is 0 Å². The summed E-state index contributed by atoms with van der Waals surface area (Å²) in [5.41, 5.74) is 11.8. The Morgan fingerprint density at radius 3 is 1.77 bits per heavy atom. The van der Waals surface area contributed by atoms with Gasteiger partial charge in [-0.1, -0.05) is 97.1 Å². The summed E-state index contributed by atoms with van der Waals surface area (Å²) < 4.78 is 2.34. The van der Waals surface area contributed by atoms with Crippen molar-refractivity contribution in [1.82, 2.24) is 19.5 Å². The zero-order valence-electron chi connectivity index (χ0n) is 24.2. The number of rotatable bonds is 5. The third-order valence-corrected chi connectivity index (χ3v) is 8.25. The van der Waals surface area contributed by atoms with Crippen LogP contribution >= 0.6 is 0 Å². The zero-order chi connectivity index (χ0) is 29.5. The summed E-state index contributed by atoms with van der Waals surface area (Å²) in [4.78, 5) is 14.4. The molecule has 0 saturated heterocycles. The van der Waals surface area contributed by atoms with Crippen LogP contribution in [0.5, 0.6) is 0 Å². The minimum absolute atomic E-state index is 0.707. The van der Waals surface area contributed by atoms with Gasteiger partial charge >= 0.3 is 0 Å². The third-order valence-electron chi connectivity index (χ3n) is 8.25. The van der Waals surface area contributed by atoms with Gasteiger partial charge in [0.2, 0.25) is 0 Å². The van der Waals surface area contributed by atoms with Crippen LogP contribution in [0, 0.1) is 6.92 Å². The van der Waals surface area contributed by atoms with Crippen LogP contribution in [0.25, 0.3) is 72.5 Å². The molecule has 0 aliphatic carbocycles. The molecule has 0 aliphatic heterocycles. The first-order valence-corrected chi connectivity index (χ1v) is 14.8. The number of hydrogen-bond acceptors (Lipinski definition) is 3. The Morgan fingerprint density at radius 1 is 0.500 bits per heavy atom. The predicted octanol–water partition coefficient (Wildman–Crippen LogP) is 9.95. The van der Waals surface area contributed by atoms with Crippen molar-refractivity contribution in [2.75, 3.05) is 0 Å². The molecule has 0 atom stereocenters. The van der Waals surface area contributed by atoms with Crippen molar-refractivity contribution in [3.05, 3.63) is 157 Å². The van der Waals surface area contributed by atoms with Gasteiger partial charge in [0.15, 0.2) is 5.82 Å². The standard InChI is InChI=1S/C40H28N4/c1-27-24-30(19-22-33(27)31-12-9-23-41-26-31)37-25-36(42-40(43-37)29-10-3-2-4-11-29)28-17-20-32(21-18-28)44-38-15-7-5-13-34(38)35-14-6-8-16-39(35)44/h2-26H,1H3. The van der Waals surface area contributed by atoms with Crippen molar-refractivity contribution in [1.29, 1.82) is 0 Å². The SMILES string of the molecule is Cc1cc(-c2cc(-c3ccc(-n4c5ccccc5c5ccccc54)cc3)nc(-c3ccccc3)n2)ccc1-c1cccnc1. The van der Waals surface area contributed by atoms with Gasteiger partial charge in [-0.25, -0.2) is 9.97 Å². The molecule has 0 unspecified atom stereocenters. The fraction of sp³-hybridized carbons (Fsp3) is 0.0250. The fourth-order valence-corrected chi connectivity index (χ4v) is 6.11. The average Bonchev–Trinajstić information content (AvgIpc) is 3.43. The average molecular weight is 565 g/mol. The van der Waals surface area contributed by atoms with Gasteiger partial charge in [0.05, 0.1) is 22.4 Å². The van der Waals surface area contributed by atoms with Gasteiger partial charge in [0, 0.05) is 51.1 Å². The molecule has 0 spiro atoms. The highest BCUT2D eigenvalue weighted by molar-refractivity contribution is 6.09. The van der Waals surface area contributed by atoms with Crippen LogP contribution in [0.15, 0.2) is 152 Å². The molecule has 0 amide bonds. The molecule has 208 valence electrons. The Bertz CT molecular complexity index is 2210. The van der Waals surface area contributed by atoms with E-state index < -0.39 is 0 Å².